The summed E-state index contributed by atoms with van der Waals surface area (Å²) >= 11 is 0. The van der Waals surface area contributed by atoms with Gasteiger partial charge < -0.3 is 13.6 Å². The summed E-state index contributed by atoms with van der Waals surface area (Å²) in [6.45, 7) is 39.4. The molecule has 1 heterocycles. The molecule has 1 saturated heterocycles. The predicted molar refractivity (Wildman–Crippen MR) is 199 cm³/mol. The van der Waals surface area contributed by atoms with E-state index in [9.17, 15) is 4.79 Å². The Morgan fingerprint density at radius 3 is 2.15 bits per heavy atom. The Morgan fingerprint density at radius 2 is 1.59 bits per heavy atom. The number of carbonyl (C=O) groups excluding carboxylic acids is 1. The fourth-order valence-corrected chi connectivity index (χ4v) is 11.3. The van der Waals surface area contributed by atoms with Gasteiger partial charge in [-0.1, -0.05) is 93.2 Å². The highest BCUT2D eigenvalue weighted by atomic mass is 28.4. The molecule has 0 amide bonds. The van der Waals surface area contributed by atoms with Crippen LogP contribution in [0.3, 0.4) is 0 Å². The molecule has 3 saturated carbocycles. The summed E-state index contributed by atoms with van der Waals surface area (Å²) in [5.74, 6) is 1.85. The van der Waals surface area contributed by atoms with Crippen LogP contribution >= 0.6 is 0 Å². The number of allylic oxidation sites excluding steroid dienone is 3. The van der Waals surface area contributed by atoms with Crippen LogP contribution in [-0.2, 0) is 18.4 Å². The van der Waals surface area contributed by atoms with Crippen LogP contribution in [0.15, 0.2) is 47.6 Å². The van der Waals surface area contributed by atoms with Crippen LogP contribution < -0.4 is 0 Å². The number of ether oxygens (including phenoxy) is 1. The van der Waals surface area contributed by atoms with Gasteiger partial charge in [0.1, 0.15) is 6.10 Å². The Kier molecular flexibility index (Phi) is 10.8. The van der Waals surface area contributed by atoms with Crippen LogP contribution in [0.5, 0.6) is 0 Å². The summed E-state index contributed by atoms with van der Waals surface area (Å²) in [4.78, 5) is 12.0. The minimum Gasteiger partial charge on any atom is -0.459 e. The number of cyclic esters (lactones) is 1. The highest BCUT2D eigenvalue weighted by Crippen LogP contribution is 2.60. The first-order chi connectivity index (χ1) is 21.0. The second kappa shape index (κ2) is 13.2. The molecule has 3 aliphatic carbocycles. The Labute approximate surface area is 285 Å². The molecule has 0 spiro atoms. The molecule has 1 aliphatic heterocycles. The largest absolute Gasteiger partial charge is 0.459 e. The van der Waals surface area contributed by atoms with Gasteiger partial charge in [0.05, 0.1) is 12.2 Å². The molecule has 46 heavy (non-hydrogen) atoms. The van der Waals surface area contributed by atoms with Crippen molar-refractivity contribution < 1.29 is 18.4 Å². The number of fused-ring (bicyclic) bond motifs is 1. The number of esters is 1. The molecule has 0 bridgehead atoms. The van der Waals surface area contributed by atoms with Crippen molar-refractivity contribution in [2.24, 2.45) is 29.1 Å². The van der Waals surface area contributed by atoms with E-state index in [1.807, 2.05) is 0 Å². The molecule has 0 aromatic carbocycles. The van der Waals surface area contributed by atoms with Crippen LogP contribution in [0, 0.1) is 29.1 Å². The summed E-state index contributed by atoms with van der Waals surface area (Å²) in [5.41, 5.74) is 5.02. The molecule has 0 aromatic heterocycles. The van der Waals surface area contributed by atoms with Crippen LogP contribution in [0.4, 0.5) is 0 Å². The summed E-state index contributed by atoms with van der Waals surface area (Å²) in [5, 5.41) is 0.279. The Balaban J connectivity index is 1.60. The molecule has 4 fully saturated rings. The van der Waals surface area contributed by atoms with Crippen molar-refractivity contribution in [3.05, 3.63) is 47.6 Å². The fraction of sp³-hybridized carbons (Fsp3) is 0.775. The second-order valence-corrected chi connectivity index (χ2v) is 28.4. The predicted octanol–water partition coefficient (Wildman–Crippen LogP) is 11.3. The van der Waals surface area contributed by atoms with Gasteiger partial charge in [0.25, 0.3) is 0 Å². The third-order valence-corrected chi connectivity index (χ3v) is 22.6. The number of carbonyl (C=O) groups is 1. The number of hydrogen-bond donors (Lipinski definition) is 0. The van der Waals surface area contributed by atoms with Crippen molar-refractivity contribution in [3.63, 3.8) is 0 Å². The van der Waals surface area contributed by atoms with Crippen molar-refractivity contribution >= 4 is 22.6 Å². The molecule has 4 nitrogen and oxygen atoms in total. The Hall–Kier alpha value is -1.22. The number of hydrogen-bond acceptors (Lipinski definition) is 4. The van der Waals surface area contributed by atoms with Crippen LogP contribution in [0.25, 0.3) is 0 Å². The first-order valence-corrected chi connectivity index (χ1v) is 24.1. The van der Waals surface area contributed by atoms with Crippen molar-refractivity contribution in [2.45, 2.75) is 168 Å². The molecule has 0 N–H and O–H groups in total. The van der Waals surface area contributed by atoms with E-state index in [0.717, 1.165) is 18.4 Å². The zero-order valence-corrected chi connectivity index (χ0v) is 33.9. The third kappa shape index (κ3) is 7.50. The monoisotopic (exact) mass is 668 g/mol. The van der Waals surface area contributed by atoms with E-state index in [0.29, 0.717) is 35.2 Å². The lowest BCUT2D eigenvalue weighted by Gasteiger charge is -2.48. The molecule has 260 valence electrons. The van der Waals surface area contributed by atoms with E-state index in [-0.39, 0.29) is 40.3 Å². The molecule has 4 rings (SSSR count). The minimum absolute atomic E-state index is 0.00339. The van der Waals surface area contributed by atoms with Crippen molar-refractivity contribution in [3.8, 4) is 0 Å². The highest BCUT2D eigenvalue weighted by molar-refractivity contribution is 6.74. The lowest BCUT2D eigenvalue weighted by Crippen LogP contribution is -2.53. The first-order valence-electron chi connectivity index (χ1n) is 18.3. The van der Waals surface area contributed by atoms with Gasteiger partial charge in [-0.15, -0.1) is 0 Å². The maximum Gasteiger partial charge on any atom is 0.333 e. The van der Waals surface area contributed by atoms with Gasteiger partial charge in [0.15, 0.2) is 16.6 Å². The average Bonchev–Trinajstić information content (AvgIpc) is 3.43. The topological polar surface area (TPSA) is 44.8 Å². The zero-order valence-electron chi connectivity index (χ0n) is 31.9. The molecular weight excluding hydrogens is 601 g/mol. The van der Waals surface area contributed by atoms with E-state index in [1.54, 1.807) is 5.57 Å². The smallest absolute Gasteiger partial charge is 0.333 e. The lowest BCUT2D eigenvalue weighted by atomic mass is 9.60. The summed E-state index contributed by atoms with van der Waals surface area (Å²) in [6.07, 6.45) is 13.8. The summed E-state index contributed by atoms with van der Waals surface area (Å²) in [7, 11) is -4.02. The SMILES string of the molecule is C=C1C[C@H](C[C@@H](C)[C@H]2CC[C@H]3C(=CC=C4C[C@@H](O[Si](C)(C)C(C)(C)C)[C@H](C)[C@H](O[Si](C)(C)C(C)(C)C)C4=C)CCC[C@]23C)OC1=O. The van der Waals surface area contributed by atoms with E-state index >= 15 is 0 Å². The average molecular weight is 669 g/mol. The van der Waals surface area contributed by atoms with E-state index in [4.69, 9.17) is 20.2 Å². The molecule has 6 heteroatoms. The molecule has 0 radical (unpaired) electrons. The lowest BCUT2D eigenvalue weighted by molar-refractivity contribution is -0.139. The van der Waals surface area contributed by atoms with Gasteiger partial charge in [-0.25, -0.2) is 4.79 Å². The molecule has 0 aromatic rings. The normalized spacial score (nSPS) is 35.5. The van der Waals surface area contributed by atoms with Crippen LogP contribution in [0.2, 0.25) is 36.3 Å². The van der Waals surface area contributed by atoms with Gasteiger partial charge in [0.2, 0.25) is 0 Å². The standard InChI is InChI=1S/C40H68O4Si2/c1-26(23-32-24-27(2)37(41)42-32)33-20-21-34-30(17-16-22-40(33,34)11)18-19-31-25-35(43-45(12,13)38(5,6)7)29(4)36(28(31)3)44-46(14,15)39(8,9)10/h18-19,26,29,32-36H,2-3,16-17,20-25H2,1,4-15H3/t26-,29+,32+,33-,34+,35-,36-,40-/m1/s1. The van der Waals surface area contributed by atoms with Crippen molar-refractivity contribution in [1.82, 2.24) is 0 Å². The third-order valence-electron chi connectivity index (χ3n) is 13.6. The second-order valence-electron chi connectivity index (χ2n) is 18.9. The molecular formula is C40H68O4Si2. The highest BCUT2D eigenvalue weighted by Gasteiger charge is 2.52. The van der Waals surface area contributed by atoms with Gasteiger partial charge >= 0.3 is 5.97 Å². The molecule has 8 atom stereocenters. The van der Waals surface area contributed by atoms with Gasteiger partial charge in [0, 0.05) is 17.9 Å². The fourth-order valence-electron chi connectivity index (χ4n) is 8.55. The van der Waals surface area contributed by atoms with Gasteiger partial charge in [-0.05, 0) is 116 Å². The Bertz CT molecular complexity index is 1230. The number of rotatable bonds is 8. The van der Waals surface area contributed by atoms with E-state index < -0.39 is 16.6 Å². The quantitative estimate of drug-likeness (QED) is 0.147. The van der Waals surface area contributed by atoms with Crippen molar-refractivity contribution in [1.29, 1.82) is 0 Å². The van der Waals surface area contributed by atoms with Crippen LogP contribution in [-0.4, -0.2) is 40.9 Å². The maximum absolute atomic E-state index is 12.0. The first kappa shape index (κ1) is 37.6. The van der Waals surface area contributed by atoms with Gasteiger partial charge in [-0.3, -0.25) is 0 Å². The molecule has 0 unspecified atom stereocenters. The minimum atomic E-state index is -2.03. The Morgan fingerprint density at radius 1 is 0.978 bits per heavy atom. The van der Waals surface area contributed by atoms with Crippen LogP contribution in [0.1, 0.15) is 114 Å². The summed E-state index contributed by atoms with van der Waals surface area (Å²) < 4.78 is 20.0. The summed E-state index contributed by atoms with van der Waals surface area (Å²) in [6, 6.07) is 0. The van der Waals surface area contributed by atoms with E-state index in [1.165, 1.54) is 37.7 Å². The van der Waals surface area contributed by atoms with Crippen molar-refractivity contribution in [2.75, 3.05) is 0 Å². The van der Waals surface area contributed by atoms with E-state index in [2.05, 4.69) is 107 Å². The van der Waals surface area contributed by atoms with Gasteiger partial charge in [-0.2, -0.15) is 0 Å². The molecule has 4 aliphatic rings. The zero-order chi connectivity index (χ0) is 34.6. The maximum atomic E-state index is 12.0.